The van der Waals surface area contributed by atoms with Gasteiger partial charge >= 0.3 is 0 Å². The van der Waals surface area contributed by atoms with Crippen molar-refractivity contribution in [2.24, 2.45) is 0 Å². The van der Waals surface area contributed by atoms with Crippen molar-refractivity contribution in [2.75, 3.05) is 32.6 Å². The molecule has 1 saturated heterocycles. The second-order valence-electron chi connectivity index (χ2n) is 7.03. The first kappa shape index (κ1) is 19.2. The Morgan fingerprint density at radius 1 is 1.19 bits per heavy atom. The van der Waals surface area contributed by atoms with Crippen molar-refractivity contribution in [3.8, 4) is 11.5 Å². The third kappa shape index (κ3) is 4.25. The highest BCUT2D eigenvalue weighted by Crippen LogP contribution is 2.38. The van der Waals surface area contributed by atoms with Crippen molar-refractivity contribution < 1.29 is 14.3 Å². The van der Waals surface area contributed by atoms with Crippen LogP contribution >= 0.6 is 0 Å². The minimum absolute atomic E-state index is 0.0115. The number of aryl methyl sites for hydroxylation is 1. The number of methoxy groups -OCH3 is 2. The van der Waals surface area contributed by atoms with Crippen molar-refractivity contribution in [3.63, 3.8) is 0 Å². The molecule has 0 aliphatic carbocycles. The summed E-state index contributed by atoms with van der Waals surface area (Å²) in [5, 5.41) is 3.06. The molecule has 1 atom stereocenters. The van der Waals surface area contributed by atoms with E-state index in [1.165, 1.54) is 5.56 Å². The quantitative estimate of drug-likeness (QED) is 0.834. The monoisotopic (exact) mass is 368 g/mol. The van der Waals surface area contributed by atoms with Crippen LogP contribution in [0.4, 0.5) is 5.69 Å². The van der Waals surface area contributed by atoms with Crippen LogP contribution in [0.5, 0.6) is 11.5 Å². The predicted octanol–water partition coefficient (Wildman–Crippen LogP) is 4.10. The van der Waals surface area contributed by atoms with E-state index in [1.807, 2.05) is 37.3 Å². The summed E-state index contributed by atoms with van der Waals surface area (Å²) in [5.74, 6) is 1.65. The SMILES string of the molecule is COc1ccc(OC)c(C2CCCN2CC(=O)Nc2cccc(C)c2C)c1. The van der Waals surface area contributed by atoms with E-state index in [1.54, 1.807) is 14.2 Å². The fraction of sp³-hybridized carbons (Fsp3) is 0.409. The Morgan fingerprint density at radius 3 is 2.74 bits per heavy atom. The molecule has 27 heavy (non-hydrogen) atoms. The lowest BCUT2D eigenvalue weighted by atomic mass is 10.0. The van der Waals surface area contributed by atoms with E-state index in [0.29, 0.717) is 6.54 Å². The zero-order chi connectivity index (χ0) is 19.4. The average Bonchev–Trinajstić information content (AvgIpc) is 3.12. The van der Waals surface area contributed by atoms with Crippen LogP contribution in [0.25, 0.3) is 0 Å². The van der Waals surface area contributed by atoms with Crippen molar-refractivity contribution >= 4 is 11.6 Å². The third-order valence-corrected chi connectivity index (χ3v) is 5.38. The first-order valence-electron chi connectivity index (χ1n) is 9.35. The van der Waals surface area contributed by atoms with E-state index >= 15 is 0 Å². The van der Waals surface area contributed by atoms with Crippen LogP contribution in [0.3, 0.4) is 0 Å². The molecule has 1 aliphatic heterocycles. The normalized spacial score (nSPS) is 17.0. The summed E-state index contributed by atoms with van der Waals surface area (Å²) in [4.78, 5) is 14.9. The number of amides is 1. The Morgan fingerprint density at radius 2 is 2.00 bits per heavy atom. The van der Waals surface area contributed by atoms with Gasteiger partial charge in [-0.25, -0.2) is 0 Å². The first-order chi connectivity index (χ1) is 13.0. The van der Waals surface area contributed by atoms with Crippen LogP contribution in [0.2, 0.25) is 0 Å². The number of rotatable bonds is 6. The molecule has 1 heterocycles. The molecule has 0 aromatic heterocycles. The summed E-state index contributed by atoms with van der Waals surface area (Å²) in [5.41, 5.74) is 4.25. The molecule has 1 amide bonds. The molecule has 0 bridgehead atoms. The number of hydrogen-bond acceptors (Lipinski definition) is 4. The largest absolute Gasteiger partial charge is 0.497 e. The Bertz CT molecular complexity index is 819. The maximum absolute atomic E-state index is 12.7. The van der Waals surface area contributed by atoms with E-state index in [-0.39, 0.29) is 11.9 Å². The Balaban J connectivity index is 1.75. The van der Waals surface area contributed by atoms with Gasteiger partial charge in [0.15, 0.2) is 0 Å². The summed E-state index contributed by atoms with van der Waals surface area (Å²) in [6, 6.07) is 12.0. The smallest absolute Gasteiger partial charge is 0.238 e. The van der Waals surface area contributed by atoms with E-state index < -0.39 is 0 Å². The highest BCUT2D eigenvalue weighted by atomic mass is 16.5. The highest BCUT2D eigenvalue weighted by Gasteiger charge is 2.30. The van der Waals surface area contributed by atoms with Crippen molar-refractivity contribution in [1.82, 2.24) is 4.90 Å². The van der Waals surface area contributed by atoms with Gasteiger partial charge in [0.05, 0.1) is 20.8 Å². The zero-order valence-electron chi connectivity index (χ0n) is 16.5. The second kappa shape index (κ2) is 8.44. The fourth-order valence-corrected chi connectivity index (χ4v) is 3.73. The molecule has 1 N–H and O–H groups in total. The van der Waals surface area contributed by atoms with E-state index in [2.05, 4.69) is 23.2 Å². The maximum Gasteiger partial charge on any atom is 0.238 e. The summed E-state index contributed by atoms with van der Waals surface area (Å²) in [7, 11) is 3.34. The number of hydrogen-bond donors (Lipinski definition) is 1. The summed E-state index contributed by atoms with van der Waals surface area (Å²) in [6.07, 6.45) is 2.06. The summed E-state index contributed by atoms with van der Waals surface area (Å²) < 4.78 is 10.9. The molecular formula is C22H28N2O3. The van der Waals surface area contributed by atoms with Crippen LogP contribution in [0.15, 0.2) is 36.4 Å². The van der Waals surface area contributed by atoms with Crippen LogP contribution in [-0.2, 0) is 4.79 Å². The number of nitrogens with one attached hydrogen (secondary N) is 1. The minimum Gasteiger partial charge on any atom is -0.497 e. The topological polar surface area (TPSA) is 50.8 Å². The third-order valence-electron chi connectivity index (χ3n) is 5.38. The Kier molecular flexibility index (Phi) is 6.01. The maximum atomic E-state index is 12.7. The van der Waals surface area contributed by atoms with Crippen molar-refractivity contribution in [1.29, 1.82) is 0 Å². The fourth-order valence-electron chi connectivity index (χ4n) is 3.73. The molecule has 144 valence electrons. The number of anilines is 1. The van der Waals surface area contributed by atoms with Crippen LogP contribution in [0, 0.1) is 13.8 Å². The molecule has 5 nitrogen and oxygen atoms in total. The van der Waals surface area contributed by atoms with Crippen molar-refractivity contribution in [2.45, 2.75) is 32.7 Å². The minimum atomic E-state index is 0.0115. The summed E-state index contributed by atoms with van der Waals surface area (Å²) in [6.45, 7) is 5.34. The van der Waals surface area contributed by atoms with Gasteiger partial charge in [0.1, 0.15) is 11.5 Å². The highest BCUT2D eigenvalue weighted by molar-refractivity contribution is 5.93. The number of ether oxygens (including phenoxy) is 2. The molecule has 1 fully saturated rings. The van der Waals surface area contributed by atoms with Gasteiger partial charge in [-0.3, -0.25) is 9.69 Å². The standard InChI is InChI=1S/C22H28N2O3/c1-15-7-5-8-19(16(15)2)23-22(25)14-24-12-6-9-20(24)18-13-17(26-3)10-11-21(18)27-4/h5,7-8,10-11,13,20H,6,9,12,14H2,1-4H3,(H,23,25). The molecule has 2 aromatic rings. The molecule has 1 aliphatic rings. The second-order valence-corrected chi connectivity index (χ2v) is 7.03. The van der Waals surface area contributed by atoms with Gasteiger partial charge in [-0.2, -0.15) is 0 Å². The van der Waals surface area contributed by atoms with Gasteiger partial charge < -0.3 is 14.8 Å². The lowest BCUT2D eigenvalue weighted by molar-refractivity contribution is -0.117. The number of nitrogens with zero attached hydrogens (tertiary/aromatic N) is 1. The molecular weight excluding hydrogens is 340 g/mol. The number of likely N-dealkylation sites (tertiary alicyclic amines) is 1. The van der Waals surface area contributed by atoms with Crippen molar-refractivity contribution in [3.05, 3.63) is 53.1 Å². The van der Waals surface area contributed by atoms with E-state index in [9.17, 15) is 4.79 Å². The first-order valence-corrected chi connectivity index (χ1v) is 9.35. The Hall–Kier alpha value is -2.53. The molecule has 0 spiro atoms. The molecule has 0 radical (unpaired) electrons. The number of carbonyl (C=O) groups excluding carboxylic acids is 1. The Labute approximate surface area is 161 Å². The van der Waals surface area contributed by atoms with Crippen LogP contribution < -0.4 is 14.8 Å². The van der Waals surface area contributed by atoms with Gasteiger partial charge in [0, 0.05) is 17.3 Å². The van der Waals surface area contributed by atoms with Gasteiger partial charge in [-0.05, 0) is 68.6 Å². The van der Waals surface area contributed by atoms with Gasteiger partial charge in [-0.15, -0.1) is 0 Å². The van der Waals surface area contributed by atoms with E-state index in [4.69, 9.17) is 9.47 Å². The van der Waals surface area contributed by atoms with Gasteiger partial charge in [0.25, 0.3) is 0 Å². The molecule has 5 heteroatoms. The zero-order valence-corrected chi connectivity index (χ0v) is 16.5. The van der Waals surface area contributed by atoms with Gasteiger partial charge in [-0.1, -0.05) is 12.1 Å². The number of carbonyl (C=O) groups is 1. The lowest BCUT2D eigenvalue weighted by Gasteiger charge is -2.26. The molecule has 0 saturated carbocycles. The van der Waals surface area contributed by atoms with Crippen LogP contribution in [0.1, 0.15) is 35.6 Å². The van der Waals surface area contributed by atoms with E-state index in [0.717, 1.165) is 47.7 Å². The average molecular weight is 368 g/mol. The van der Waals surface area contributed by atoms with Crippen LogP contribution in [-0.4, -0.2) is 38.1 Å². The molecule has 3 rings (SSSR count). The molecule has 2 aromatic carbocycles. The predicted molar refractivity (Wildman–Crippen MR) is 108 cm³/mol. The van der Waals surface area contributed by atoms with Gasteiger partial charge in [0.2, 0.25) is 5.91 Å². The lowest BCUT2D eigenvalue weighted by Crippen LogP contribution is -2.33. The summed E-state index contributed by atoms with van der Waals surface area (Å²) >= 11 is 0. The molecule has 1 unspecified atom stereocenters. The number of benzene rings is 2.